The van der Waals surface area contributed by atoms with E-state index in [9.17, 15) is 4.79 Å². The van der Waals surface area contributed by atoms with Crippen LogP contribution in [0, 0.1) is 5.92 Å². The van der Waals surface area contributed by atoms with Crippen LogP contribution in [0.15, 0.2) is 0 Å². The summed E-state index contributed by atoms with van der Waals surface area (Å²) in [5.41, 5.74) is 7.05. The first-order valence-electron chi connectivity index (χ1n) is 6.77. The number of anilines is 1. The molecule has 1 fully saturated rings. The van der Waals surface area contributed by atoms with Gasteiger partial charge >= 0.3 is 0 Å². The van der Waals surface area contributed by atoms with Crippen molar-refractivity contribution in [2.45, 2.75) is 51.0 Å². The maximum absolute atomic E-state index is 12.1. The number of nitrogens with one attached hydrogen (secondary N) is 1. The Bertz CT molecular complexity index is 428. The van der Waals surface area contributed by atoms with Crippen molar-refractivity contribution in [2.24, 2.45) is 11.7 Å². The van der Waals surface area contributed by atoms with Gasteiger partial charge in [0.1, 0.15) is 0 Å². The largest absolute Gasteiger partial charge is 0.328 e. The van der Waals surface area contributed by atoms with E-state index in [0.717, 1.165) is 43.7 Å². The number of carbonyl (C=O) groups is 1. The van der Waals surface area contributed by atoms with Gasteiger partial charge in [0.25, 0.3) is 0 Å². The van der Waals surface area contributed by atoms with E-state index >= 15 is 0 Å². The molecule has 1 aromatic heterocycles. The van der Waals surface area contributed by atoms with Gasteiger partial charge in [-0.15, -0.1) is 11.3 Å². The summed E-state index contributed by atoms with van der Waals surface area (Å²) < 4.78 is 0. The molecule has 0 aliphatic heterocycles. The van der Waals surface area contributed by atoms with Gasteiger partial charge in [0.15, 0.2) is 5.13 Å². The number of rotatable bonds is 2. The molecule has 3 rings (SSSR count). The number of amides is 1. The Balaban J connectivity index is 1.60. The second-order valence-electron chi connectivity index (χ2n) is 5.34. The predicted molar refractivity (Wildman–Crippen MR) is 72.7 cm³/mol. The minimum absolute atomic E-state index is 0.128. The molecule has 0 saturated heterocycles. The van der Waals surface area contributed by atoms with E-state index in [1.54, 1.807) is 11.3 Å². The molecule has 1 saturated carbocycles. The minimum atomic E-state index is 0.128. The summed E-state index contributed by atoms with van der Waals surface area (Å²) in [6.45, 7) is 0. The maximum Gasteiger partial charge on any atom is 0.229 e. The summed E-state index contributed by atoms with van der Waals surface area (Å²) in [5.74, 6) is 0.262. The van der Waals surface area contributed by atoms with Crippen LogP contribution in [0.2, 0.25) is 0 Å². The number of hydrogen-bond donors (Lipinski definition) is 2. The van der Waals surface area contributed by atoms with Crippen molar-refractivity contribution < 1.29 is 4.79 Å². The molecule has 4 nitrogen and oxygen atoms in total. The Labute approximate surface area is 111 Å². The van der Waals surface area contributed by atoms with Crippen molar-refractivity contribution >= 4 is 22.4 Å². The molecule has 0 aromatic carbocycles. The number of hydrogen-bond acceptors (Lipinski definition) is 4. The molecule has 0 atom stereocenters. The molecule has 3 N–H and O–H groups in total. The summed E-state index contributed by atoms with van der Waals surface area (Å²) in [6, 6.07) is 0.290. The van der Waals surface area contributed by atoms with Crippen molar-refractivity contribution in [2.75, 3.05) is 5.32 Å². The van der Waals surface area contributed by atoms with Gasteiger partial charge in [0.05, 0.1) is 5.69 Å². The Morgan fingerprint density at radius 3 is 2.78 bits per heavy atom. The molecule has 98 valence electrons. The number of nitrogens with zero attached hydrogens (tertiary/aromatic N) is 1. The lowest BCUT2D eigenvalue weighted by Gasteiger charge is -2.24. The number of carbonyl (C=O) groups excluding carboxylic acids is 1. The van der Waals surface area contributed by atoms with Crippen molar-refractivity contribution in [1.29, 1.82) is 0 Å². The predicted octanol–water partition coefficient (Wildman–Crippen LogP) is 2.09. The van der Waals surface area contributed by atoms with E-state index < -0.39 is 0 Å². The van der Waals surface area contributed by atoms with Crippen molar-refractivity contribution in [3.8, 4) is 0 Å². The molecule has 1 heterocycles. The Morgan fingerprint density at radius 2 is 2.06 bits per heavy atom. The third-order valence-electron chi connectivity index (χ3n) is 3.97. The molecule has 2 aliphatic carbocycles. The zero-order chi connectivity index (χ0) is 12.5. The van der Waals surface area contributed by atoms with Gasteiger partial charge in [-0.05, 0) is 44.9 Å². The second-order valence-corrected chi connectivity index (χ2v) is 6.43. The van der Waals surface area contributed by atoms with Crippen LogP contribution in [-0.4, -0.2) is 16.9 Å². The fourth-order valence-corrected chi connectivity index (χ4v) is 3.89. The fourth-order valence-electron chi connectivity index (χ4n) is 2.83. The SMILES string of the molecule is NC1CCC(C(=O)Nc2nc3c(s2)CCC3)CC1. The van der Waals surface area contributed by atoms with Gasteiger partial charge in [-0.3, -0.25) is 4.79 Å². The lowest BCUT2D eigenvalue weighted by Crippen LogP contribution is -2.32. The number of aromatic nitrogens is 1. The summed E-state index contributed by atoms with van der Waals surface area (Å²) in [5, 5.41) is 3.77. The quantitative estimate of drug-likeness (QED) is 0.860. The van der Waals surface area contributed by atoms with Gasteiger partial charge in [0.2, 0.25) is 5.91 Å². The van der Waals surface area contributed by atoms with Gasteiger partial charge in [-0.1, -0.05) is 0 Å². The van der Waals surface area contributed by atoms with Crippen molar-refractivity contribution in [3.63, 3.8) is 0 Å². The van der Waals surface area contributed by atoms with Crippen LogP contribution >= 0.6 is 11.3 Å². The fraction of sp³-hybridized carbons (Fsp3) is 0.692. The van der Waals surface area contributed by atoms with Crippen LogP contribution in [0.1, 0.15) is 42.7 Å². The standard InChI is InChI=1S/C13H19N3OS/c14-9-6-4-8(5-7-9)12(17)16-13-15-10-2-1-3-11(10)18-13/h8-9H,1-7,14H2,(H,15,16,17). The molecule has 0 radical (unpaired) electrons. The average Bonchev–Trinajstić information content (AvgIpc) is 2.90. The Hall–Kier alpha value is -0.940. The molecule has 18 heavy (non-hydrogen) atoms. The normalized spacial score (nSPS) is 26.9. The number of aryl methyl sites for hydroxylation is 2. The number of nitrogens with two attached hydrogens (primary N) is 1. The third-order valence-corrected chi connectivity index (χ3v) is 5.04. The van der Waals surface area contributed by atoms with Gasteiger partial charge < -0.3 is 11.1 Å². The summed E-state index contributed by atoms with van der Waals surface area (Å²) >= 11 is 1.65. The first-order chi connectivity index (χ1) is 8.72. The monoisotopic (exact) mass is 265 g/mol. The second kappa shape index (κ2) is 4.97. The Morgan fingerprint density at radius 1 is 1.28 bits per heavy atom. The molecule has 2 aliphatic rings. The lowest BCUT2D eigenvalue weighted by atomic mass is 9.86. The van der Waals surface area contributed by atoms with E-state index in [1.807, 2.05) is 0 Å². The zero-order valence-corrected chi connectivity index (χ0v) is 11.3. The summed E-state index contributed by atoms with van der Waals surface area (Å²) in [4.78, 5) is 18.0. The van der Waals surface area contributed by atoms with E-state index in [1.165, 1.54) is 17.0 Å². The van der Waals surface area contributed by atoms with Crippen LogP contribution in [-0.2, 0) is 17.6 Å². The molecule has 0 unspecified atom stereocenters. The van der Waals surface area contributed by atoms with E-state index in [0.29, 0.717) is 0 Å². The first-order valence-corrected chi connectivity index (χ1v) is 7.59. The highest BCUT2D eigenvalue weighted by Gasteiger charge is 2.26. The summed E-state index contributed by atoms with van der Waals surface area (Å²) in [6.07, 6.45) is 7.17. The van der Waals surface area contributed by atoms with Gasteiger partial charge in [0, 0.05) is 16.8 Å². The highest BCUT2D eigenvalue weighted by molar-refractivity contribution is 7.15. The topological polar surface area (TPSA) is 68.0 Å². The van der Waals surface area contributed by atoms with Crippen LogP contribution in [0.5, 0.6) is 0 Å². The van der Waals surface area contributed by atoms with Crippen LogP contribution < -0.4 is 11.1 Å². The van der Waals surface area contributed by atoms with Crippen LogP contribution in [0.25, 0.3) is 0 Å². The maximum atomic E-state index is 12.1. The minimum Gasteiger partial charge on any atom is -0.328 e. The summed E-state index contributed by atoms with van der Waals surface area (Å²) in [7, 11) is 0. The highest BCUT2D eigenvalue weighted by Crippen LogP contribution is 2.31. The number of fused-ring (bicyclic) bond motifs is 1. The zero-order valence-electron chi connectivity index (χ0n) is 10.4. The number of thiazole rings is 1. The van der Waals surface area contributed by atoms with Crippen molar-refractivity contribution in [1.82, 2.24) is 4.98 Å². The molecular formula is C13H19N3OS. The molecule has 1 amide bonds. The van der Waals surface area contributed by atoms with E-state index in [4.69, 9.17) is 5.73 Å². The molecular weight excluding hydrogens is 246 g/mol. The van der Waals surface area contributed by atoms with Gasteiger partial charge in [-0.2, -0.15) is 0 Å². The molecule has 0 spiro atoms. The van der Waals surface area contributed by atoms with E-state index in [2.05, 4.69) is 10.3 Å². The van der Waals surface area contributed by atoms with Crippen LogP contribution in [0.4, 0.5) is 5.13 Å². The Kier molecular flexibility index (Phi) is 3.35. The molecule has 5 heteroatoms. The van der Waals surface area contributed by atoms with Gasteiger partial charge in [-0.25, -0.2) is 4.98 Å². The lowest BCUT2D eigenvalue weighted by molar-refractivity contribution is -0.120. The van der Waals surface area contributed by atoms with Crippen molar-refractivity contribution in [3.05, 3.63) is 10.6 Å². The van der Waals surface area contributed by atoms with E-state index in [-0.39, 0.29) is 17.9 Å². The first kappa shape index (κ1) is 12.1. The smallest absolute Gasteiger partial charge is 0.229 e. The molecule has 0 bridgehead atoms. The average molecular weight is 265 g/mol. The highest BCUT2D eigenvalue weighted by atomic mass is 32.1. The molecule has 1 aromatic rings. The third kappa shape index (κ3) is 2.42. The van der Waals surface area contributed by atoms with Crippen LogP contribution in [0.3, 0.4) is 0 Å².